The average Bonchev–Trinajstić information content (AvgIpc) is 2.37. The van der Waals surface area contributed by atoms with Crippen LogP contribution in [0.4, 0.5) is 0 Å². The van der Waals surface area contributed by atoms with Crippen molar-refractivity contribution in [3.05, 3.63) is 18.2 Å². The van der Waals surface area contributed by atoms with Gasteiger partial charge in [0.05, 0.1) is 0 Å². The lowest BCUT2D eigenvalue weighted by Crippen LogP contribution is -1.95. The molecule has 0 aliphatic heterocycles. The summed E-state index contributed by atoms with van der Waals surface area (Å²) in [5.41, 5.74) is 0. The molecule has 1 rings (SSSR count). The third-order valence-electron chi connectivity index (χ3n) is 1.20. The Bertz CT molecular complexity index is 178. The van der Waals surface area contributed by atoms with Crippen LogP contribution >= 0.6 is 0 Å². The summed E-state index contributed by atoms with van der Waals surface area (Å²) in [6.45, 7) is 1.92. The fourth-order valence-corrected chi connectivity index (χ4v) is 0.605. The quantitative estimate of drug-likeness (QED) is 0.570. The Hall–Kier alpha value is -1.12. The van der Waals surface area contributed by atoms with E-state index in [-0.39, 0.29) is 5.92 Å². The number of rotatable bonds is 2. The van der Waals surface area contributed by atoms with Gasteiger partial charge in [-0.1, -0.05) is 6.92 Å². The highest BCUT2D eigenvalue weighted by molar-refractivity contribution is 5.61. The molecular formula is C6H9N3. The molecule has 0 bridgehead atoms. The second kappa shape index (κ2) is 2.44. The van der Waals surface area contributed by atoms with Crippen molar-refractivity contribution in [2.24, 2.45) is 0 Å². The normalized spacial score (nSPS) is 13.0. The lowest BCUT2D eigenvalue weighted by Gasteiger charge is -1.96. The Kier molecular flexibility index (Phi) is 1.63. The van der Waals surface area contributed by atoms with Crippen LogP contribution in [0.3, 0.4) is 0 Å². The van der Waals surface area contributed by atoms with Crippen LogP contribution in [0.15, 0.2) is 12.4 Å². The summed E-state index contributed by atoms with van der Waals surface area (Å²) in [4.78, 5) is 6.91. The predicted molar refractivity (Wildman–Crippen MR) is 35.8 cm³/mol. The molecule has 1 unspecified atom stereocenters. The van der Waals surface area contributed by atoms with Crippen LogP contribution in [-0.2, 0) is 0 Å². The van der Waals surface area contributed by atoms with Gasteiger partial charge in [0.15, 0.2) is 0 Å². The molecule has 0 spiro atoms. The van der Waals surface area contributed by atoms with E-state index in [2.05, 4.69) is 9.97 Å². The molecule has 0 amide bonds. The maximum atomic E-state index is 6.90. The van der Waals surface area contributed by atoms with E-state index >= 15 is 0 Å². The topological polar surface area (TPSA) is 52.5 Å². The minimum atomic E-state index is 0.111. The maximum Gasteiger partial charge on any atom is 0.114 e. The SMILES string of the molecule is CC(C=N)c1ncc[nH]1. The van der Waals surface area contributed by atoms with E-state index in [0.717, 1.165) is 5.82 Å². The Morgan fingerprint density at radius 3 is 3.11 bits per heavy atom. The van der Waals surface area contributed by atoms with E-state index in [1.165, 1.54) is 6.21 Å². The molecule has 3 heteroatoms. The van der Waals surface area contributed by atoms with Crippen LogP contribution in [0, 0.1) is 5.41 Å². The summed E-state index contributed by atoms with van der Waals surface area (Å²) >= 11 is 0. The summed E-state index contributed by atoms with van der Waals surface area (Å²) in [5, 5.41) is 6.90. The van der Waals surface area contributed by atoms with Crippen molar-refractivity contribution >= 4 is 6.21 Å². The standard InChI is InChI=1S/C6H9N3/c1-5(4-7)6-8-2-3-9-6/h2-5,7H,1H3,(H,8,9). The van der Waals surface area contributed by atoms with Crippen LogP contribution in [0.1, 0.15) is 18.7 Å². The number of nitrogens with zero attached hydrogens (tertiary/aromatic N) is 1. The number of aromatic amines is 1. The van der Waals surface area contributed by atoms with Crippen LogP contribution in [-0.4, -0.2) is 16.2 Å². The van der Waals surface area contributed by atoms with E-state index in [4.69, 9.17) is 5.41 Å². The molecular weight excluding hydrogens is 114 g/mol. The summed E-state index contributed by atoms with van der Waals surface area (Å²) in [6.07, 6.45) is 4.81. The van der Waals surface area contributed by atoms with E-state index in [0.29, 0.717) is 0 Å². The smallest absolute Gasteiger partial charge is 0.114 e. The van der Waals surface area contributed by atoms with Crippen LogP contribution < -0.4 is 0 Å². The summed E-state index contributed by atoms with van der Waals surface area (Å²) in [6, 6.07) is 0. The van der Waals surface area contributed by atoms with Gasteiger partial charge in [0.1, 0.15) is 5.82 Å². The van der Waals surface area contributed by atoms with Crippen molar-refractivity contribution in [3.8, 4) is 0 Å². The third-order valence-corrected chi connectivity index (χ3v) is 1.20. The number of hydrogen-bond acceptors (Lipinski definition) is 2. The zero-order chi connectivity index (χ0) is 6.69. The molecule has 0 saturated carbocycles. The van der Waals surface area contributed by atoms with Crippen molar-refractivity contribution in [1.82, 2.24) is 9.97 Å². The molecule has 1 heterocycles. The van der Waals surface area contributed by atoms with Gasteiger partial charge in [-0.2, -0.15) is 0 Å². The first-order valence-corrected chi connectivity index (χ1v) is 2.84. The first-order valence-electron chi connectivity index (χ1n) is 2.84. The Labute approximate surface area is 53.6 Å². The average molecular weight is 123 g/mol. The summed E-state index contributed by atoms with van der Waals surface area (Å²) < 4.78 is 0. The van der Waals surface area contributed by atoms with Gasteiger partial charge in [0.2, 0.25) is 0 Å². The van der Waals surface area contributed by atoms with Crippen LogP contribution in [0.2, 0.25) is 0 Å². The molecule has 0 aliphatic carbocycles. The number of H-pyrrole nitrogens is 1. The lowest BCUT2D eigenvalue weighted by atomic mass is 10.2. The molecule has 1 aromatic rings. The largest absolute Gasteiger partial charge is 0.348 e. The zero-order valence-corrected chi connectivity index (χ0v) is 5.26. The fourth-order valence-electron chi connectivity index (χ4n) is 0.605. The first kappa shape index (κ1) is 6.01. The van der Waals surface area contributed by atoms with Crippen molar-refractivity contribution in [1.29, 1.82) is 5.41 Å². The molecule has 2 N–H and O–H groups in total. The molecule has 3 nitrogen and oxygen atoms in total. The van der Waals surface area contributed by atoms with Crippen molar-refractivity contribution < 1.29 is 0 Å². The fraction of sp³-hybridized carbons (Fsp3) is 0.333. The molecule has 1 atom stereocenters. The van der Waals surface area contributed by atoms with Crippen LogP contribution in [0.5, 0.6) is 0 Å². The van der Waals surface area contributed by atoms with Crippen molar-refractivity contribution in [2.45, 2.75) is 12.8 Å². The second-order valence-electron chi connectivity index (χ2n) is 1.93. The highest BCUT2D eigenvalue weighted by Crippen LogP contribution is 2.03. The van der Waals surface area contributed by atoms with Gasteiger partial charge in [0, 0.05) is 24.5 Å². The van der Waals surface area contributed by atoms with E-state index in [1.807, 2.05) is 6.92 Å². The highest BCUT2D eigenvalue weighted by atomic mass is 14.9. The minimum absolute atomic E-state index is 0.111. The van der Waals surface area contributed by atoms with E-state index < -0.39 is 0 Å². The van der Waals surface area contributed by atoms with E-state index in [9.17, 15) is 0 Å². The summed E-state index contributed by atoms with van der Waals surface area (Å²) in [7, 11) is 0. The molecule has 9 heavy (non-hydrogen) atoms. The van der Waals surface area contributed by atoms with Gasteiger partial charge in [-0.3, -0.25) is 0 Å². The highest BCUT2D eigenvalue weighted by Gasteiger charge is 2.00. The third kappa shape index (κ3) is 1.16. The first-order chi connectivity index (χ1) is 4.34. The monoisotopic (exact) mass is 123 g/mol. The van der Waals surface area contributed by atoms with Crippen molar-refractivity contribution in [2.75, 3.05) is 0 Å². The molecule has 0 aliphatic rings. The summed E-state index contributed by atoms with van der Waals surface area (Å²) in [5.74, 6) is 0.963. The van der Waals surface area contributed by atoms with Gasteiger partial charge >= 0.3 is 0 Å². The Balaban J connectivity index is 2.76. The maximum absolute atomic E-state index is 6.90. The molecule has 0 aromatic carbocycles. The van der Waals surface area contributed by atoms with Gasteiger partial charge in [-0.25, -0.2) is 4.98 Å². The van der Waals surface area contributed by atoms with Gasteiger partial charge in [-0.05, 0) is 0 Å². The van der Waals surface area contributed by atoms with Crippen molar-refractivity contribution in [3.63, 3.8) is 0 Å². The number of hydrogen-bond donors (Lipinski definition) is 2. The van der Waals surface area contributed by atoms with Gasteiger partial charge in [-0.15, -0.1) is 0 Å². The number of imidazole rings is 1. The van der Waals surface area contributed by atoms with Gasteiger partial charge in [0.25, 0.3) is 0 Å². The molecule has 1 aromatic heterocycles. The number of nitrogens with one attached hydrogen (secondary N) is 2. The van der Waals surface area contributed by atoms with Gasteiger partial charge < -0.3 is 10.4 Å². The molecule has 0 fully saturated rings. The predicted octanol–water partition coefficient (Wildman–Crippen LogP) is 1.16. The minimum Gasteiger partial charge on any atom is -0.348 e. The van der Waals surface area contributed by atoms with Crippen LogP contribution in [0.25, 0.3) is 0 Å². The Morgan fingerprint density at radius 1 is 1.89 bits per heavy atom. The molecule has 0 saturated heterocycles. The second-order valence-corrected chi connectivity index (χ2v) is 1.93. The zero-order valence-electron chi connectivity index (χ0n) is 5.26. The Morgan fingerprint density at radius 2 is 2.67 bits per heavy atom. The lowest BCUT2D eigenvalue weighted by molar-refractivity contribution is 0.922. The molecule has 0 radical (unpaired) electrons. The van der Waals surface area contributed by atoms with E-state index in [1.54, 1.807) is 12.4 Å². The number of aromatic nitrogens is 2. The molecule has 48 valence electrons.